The van der Waals surface area contributed by atoms with E-state index in [-0.39, 0.29) is 0 Å². The molecule has 1 unspecified atom stereocenters. The summed E-state index contributed by atoms with van der Waals surface area (Å²) >= 11 is 0. The predicted molar refractivity (Wildman–Crippen MR) is 105 cm³/mol. The van der Waals surface area contributed by atoms with Crippen molar-refractivity contribution in [3.8, 4) is 5.75 Å². The van der Waals surface area contributed by atoms with Gasteiger partial charge in [-0.05, 0) is 44.8 Å². The molecule has 25 heavy (non-hydrogen) atoms. The number of nitrogens with zero attached hydrogens (tertiary/aromatic N) is 2. The first-order valence-corrected chi connectivity index (χ1v) is 9.55. The van der Waals surface area contributed by atoms with Crippen LogP contribution in [-0.2, 0) is 6.54 Å². The third-order valence-corrected chi connectivity index (χ3v) is 4.80. The van der Waals surface area contributed by atoms with Crippen molar-refractivity contribution in [2.45, 2.75) is 46.2 Å². The summed E-state index contributed by atoms with van der Waals surface area (Å²) in [6, 6.07) is 8.70. The van der Waals surface area contributed by atoms with Gasteiger partial charge in [-0.15, -0.1) is 0 Å². The van der Waals surface area contributed by atoms with Crippen LogP contribution >= 0.6 is 0 Å². The molecule has 1 aliphatic heterocycles. The van der Waals surface area contributed by atoms with Gasteiger partial charge in [0.1, 0.15) is 5.75 Å². The molecule has 0 radical (unpaired) electrons. The van der Waals surface area contributed by atoms with Crippen molar-refractivity contribution in [1.29, 1.82) is 0 Å². The number of hydrogen-bond acceptors (Lipinski definition) is 3. The Morgan fingerprint density at radius 3 is 2.56 bits per heavy atom. The van der Waals surface area contributed by atoms with E-state index in [1.165, 1.54) is 25.9 Å². The van der Waals surface area contributed by atoms with E-state index in [1.54, 1.807) is 0 Å². The molecule has 1 aromatic rings. The molecule has 2 N–H and O–H groups in total. The van der Waals surface area contributed by atoms with Crippen LogP contribution in [0.2, 0.25) is 0 Å². The van der Waals surface area contributed by atoms with Gasteiger partial charge in [0.25, 0.3) is 0 Å². The Labute approximate surface area is 152 Å². The quantitative estimate of drug-likeness (QED) is 0.561. The van der Waals surface area contributed by atoms with Gasteiger partial charge in [-0.2, -0.15) is 0 Å². The van der Waals surface area contributed by atoms with Crippen molar-refractivity contribution in [2.24, 2.45) is 10.9 Å². The Morgan fingerprint density at radius 1 is 1.20 bits per heavy atom. The lowest BCUT2D eigenvalue weighted by Gasteiger charge is -2.31. The molecule has 1 atom stereocenters. The van der Waals surface area contributed by atoms with Crippen molar-refractivity contribution in [2.75, 3.05) is 33.3 Å². The topological polar surface area (TPSA) is 48.9 Å². The first-order valence-electron chi connectivity index (χ1n) is 9.55. The van der Waals surface area contributed by atoms with Gasteiger partial charge in [-0.25, -0.2) is 0 Å². The number of para-hydroxylation sites is 1. The lowest BCUT2D eigenvalue weighted by molar-refractivity contribution is 0.192. The molecule has 0 saturated carbocycles. The number of hydrogen-bond donors (Lipinski definition) is 2. The molecule has 2 rings (SSSR count). The van der Waals surface area contributed by atoms with E-state index in [2.05, 4.69) is 40.4 Å². The Morgan fingerprint density at radius 2 is 1.92 bits per heavy atom. The van der Waals surface area contributed by atoms with E-state index >= 15 is 0 Å². The zero-order valence-corrected chi connectivity index (χ0v) is 16.2. The first kappa shape index (κ1) is 19.6. The highest BCUT2D eigenvalue weighted by Gasteiger charge is 2.24. The van der Waals surface area contributed by atoms with E-state index in [0.717, 1.165) is 23.8 Å². The Balaban J connectivity index is 1.88. The van der Waals surface area contributed by atoms with Gasteiger partial charge < -0.3 is 15.4 Å². The summed E-state index contributed by atoms with van der Waals surface area (Å²) < 4.78 is 5.69. The molecule has 1 aromatic carbocycles. The van der Waals surface area contributed by atoms with Crippen LogP contribution < -0.4 is 15.4 Å². The molecule has 0 bridgehead atoms. The lowest BCUT2D eigenvalue weighted by Crippen LogP contribution is -2.48. The van der Waals surface area contributed by atoms with Gasteiger partial charge in [-0.3, -0.25) is 9.89 Å². The molecule has 0 aromatic heterocycles. The Hall–Kier alpha value is -1.75. The van der Waals surface area contributed by atoms with Crippen molar-refractivity contribution in [3.05, 3.63) is 29.8 Å². The van der Waals surface area contributed by atoms with E-state index in [0.29, 0.717) is 25.1 Å². The normalized spacial score (nSPS) is 16.9. The zero-order chi connectivity index (χ0) is 18.1. The molecule has 5 heteroatoms. The average Bonchev–Trinajstić information content (AvgIpc) is 3.13. The summed E-state index contributed by atoms with van der Waals surface area (Å²) in [5.41, 5.74) is 1.15. The number of likely N-dealkylation sites (tertiary alicyclic amines) is 1. The second-order valence-corrected chi connectivity index (χ2v) is 6.90. The largest absolute Gasteiger partial charge is 0.494 e. The minimum atomic E-state index is 0.553. The minimum Gasteiger partial charge on any atom is -0.494 e. The Kier molecular flexibility index (Phi) is 8.06. The highest BCUT2D eigenvalue weighted by Crippen LogP contribution is 2.18. The third-order valence-electron chi connectivity index (χ3n) is 4.80. The average molecular weight is 347 g/mol. The molecule has 5 nitrogen and oxygen atoms in total. The lowest BCUT2D eigenvalue weighted by atomic mass is 10.0. The molecule has 0 spiro atoms. The monoisotopic (exact) mass is 346 g/mol. The molecule has 1 heterocycles. The summed E-state index contributed by atoms with van der Waals surface area (Å²) in [5.74, 6) is 2.41. The number of ether oxygens (including phenoxy) is 1. The zero-order valence-electron chi connectivity index (χ0n) is 16.2. The number of rotatable bonds is 8. The number of aliphatic imine (C=N–C) groups is 1. The van der Waals surface area contributed by atoms with Crippen LogP contribution in [0.4, 0.5) is 0 Å². The fourth-order valence-corrected chi connectivity index (χ4v) is 3.41. The maximum Gasteiger partial charge on any atom is 0.191 e. The van der Waals surface area contributed by atoms with Crippen LogP contribution in [0.1, 0.15) is 39.2 Å². The van der Waals surface area contributed by atoms with Gasteiger partial charge in [0.05, 0.1) is 6.61 Å². The number of guanidine groups is 1. The van der Waals surface area contributed by atoms with Crippen LogP contribution in [0.3, 0.4) is 0 Å². The SMILES string of the molecule is CCOc1ccccc1CNC(=NC)NCC(C(C)C)N1CCCC1. The first-order chi connectivity index (χ1) is 12.2. The molecule has 1 saturated heterocycles. The van der Waals surface area contributed by atoms with Crippen LogP contribution in [0.15, 0.2) is 29.3 Å². The van der Waals surface area contributed by atoms with Gasteiger partial charge in [0.15, 0.2) is 5.96 Å². The van der Waals surface area contributed by atoms with E-state index in [1.807, 2.05) is 32.2 Å². The molecular weight excluding hydrogens is 312 g/mol. The van der Waals surface area contributed by atoms with Crippen LogP contribution in [-0.4, -0.2) is 50.2 Å². The third kappa shape index (κ3) is 5.92. The fraction of sp³-hybridized carbons (Fsp3) is 0.650. The predicted octanol–water partition coefficient (Wildman–Crippen LogP) is 2.87. The Bertz CT molecular complexity index is 538. The van der Waals surface area contributed by atoms with Crippen LogP contribution in [0.25, 0.3) is 0 Å². The summed E-state index contributed by atoms with van der Waals surface area (Å²) in [6.45, 7) is 11.4. The summed E-state index contributed by atoms with van der Waals surface area (Å²) in [7, 11) is 1.82. The van der Waals surface area contributed by atoms with Crippen LogP contribution in [0, 0.1) is 5.92 Å². The van der Waals surface area contributed by atoms with Crippen molar-refractivity contribution < 1.29 is 4.74 Å². The second-order valence-electron chi connectivity index (χ2n) is 6.90. The molecule has 0 aliphatic carbocycles. The minimum absolute atomic E-state index is 0.553. The summed E-state index contributed by atoms with van der Waals surface area (Å²) in [4.78, 5) is 6.98. The maximum absolute atomic E-state index is 5.69. The number of nitrogens with one attached hydrogen (secondary N) is 2. The number of benzene rings is 1. The smallest absolute Gasteiger partial charge is 0.191 e. The summed E-state index contributed by atoms with van der Waals surface area (Å²) in [6.07, 6.45) is 2.65. The van der Waals surface area contributed by atoms with E-state index in [4.69, 9.17) is 4.74 Å². The molecular formula is C20H34N4O. The molecule has 0 amide bonds. The standard InChI is InChI=1S/C20H34N4O/c1-5-25-19-11-7-6-10-17(19)14-22-20(21-4)23-15-18(16(2)3)24-12-8-9-13-24/h6-7,10-11,16,18H,5,8-9,12-15H2,1-4H3,(H2,21,22,23). The van der Waals surface area contributed by atoms with Crippen molar-refractivity contribution >= 4 is 5.96 Å². The molecule has 1 fully saturated rings. The van der Waals surface area contributed by atoms with Gasteiger partial charge in [0.2, 0.25) is 0 Å². The van der Waals surface area contributed by atoms with Gasteiger partial charge >= 0.3 is 0 Å². The van der Waals surface area contributed by atoms with E-state index in [9.17, 15) is 0 Å². The maximum atomic E-state index is 5.69. The van der Waals surface area contributed by atoms with Gasteiger partial charge in [-0.1, -0.05) is 32.0 Å². The second kappa shape index (κ2) is 10.3. The summed E-state index contributed by atoms with van der Waals surface area (Å²) in [5, 5.41) is 6.92. The van der Waals surface area contributed by atoms with Crippen molar-refractivity contribution in [1.82, 2.24) is 15.5 Å². The molecule has 1 aliphatic rings. The molecule has 140 valence electrons. The fourth-order valence-electron chi connectivity index (χ4n) is 3.41. The van der Waals surface area contributed by atoms with Gasteiger partial charge in [0, 0.05) is 31.7 Å². The van der Waals surface area contributed by atoms with Crippen LogP contribution in [0.5, 0.6) is 5.75 Å². The highest BCUT2D eigenvalue weighted by molar-refractivity contribution is 5.79. The van der Waals surface area contributed by atoms with Crippen molar-refractivity contribution in [3.63, 3.8) is 0 Å². The highest BCUT2D eigenvalue weighted by atomic mass is 16.5. The van der Waals surface area contributed by atoms with E-state index < -0.39 is 0 Å².